The fourth-order valence-corrected chi connectivity index (χ4v) is 5.18. The van der Waals surface area contributed by atoms with Gasteiger partial charge in [-0.3, -0.25) is 0 Å². The third-order valence-corrected chi connectivity index (χ3v) is 6.98. The third kappa shape index (κ3) is 3.00. The Kier molecular flexibility index (Phi) is 4.36. The highest BCUT2D eigenvalue weighted by Crippen LogP contribution is 2.57. The summed E-state index contributed by atoms with van der Waals surface area (Å²) in [4.78, 5) is 6.19. The Bertz CT molecular complexity index is 973. The van der Waals surface area contributed by atoms with Crippen molar-refractivity contribution in [2.45, 2.75) is 32.1 Å². The standard InChI is InChI=1S/C20H16Cl3NS/c1-11-3-4-13(9-16(11)22)18-12(2)25-19(24-18)20(7-8-20)15-6-5-14(21)10-17(15)23/h3-6,9-10H,7-8H2,1-2H3. The molecular weight excluding hydrogens is 393 g/mol. The molecule has 0 radical (unpaired) electrons. The van der Waals surface area contributed by atoms with E-state index in [9.17, 15) is 0 Å². The molecule has 1 heterocycles. The minimum absolute atomic E-state index is 0.0656. The smallest absolute Gasteiger partial charge is 0.104 e. The van der Waals surface area contributed by atoms with Gasteiger partial charge in [-0.15, -0.1) is 11.3 Å². The van der Waals surface area contributed by atoms with Gasteiger partial charge in [0, 0.05) is 30.9 Å². The molecule has 1 aliphatic rings. The summed E-state index contributed by atoms with van der Waals surface area (Å²) in [6.07, 6.45) is 2.13. The monoisotopic (exact) mass is 407 g/mol. The highest BCUT2D eigenvalue weighted by Gasteiger charge is 2.49. The summed E-state index contributed by atoms with van der Waals surface area (Å²) in [7, 11) is 0. The molecule has 1 aromatic heterocycles. The molecule has 0 unspecified atom stereocenters. The van der Waals surface area contributed by atoms with E-state index in [-0.39, 0.29) is 5.41 Å². The summed E-state index contributed by atoms with van der Waals surface area (Å²) in [5.74, 6) is 0. The van der Waals surface area contributed by atoms with Gasteiger partial charge in [0.2, 0.25) is 0 Å². The Morgan fingerprint density at radius 2 is 1.72 bits per heavy atom. The average molecular weight is 409 g/mol. The zero-order valence-electron chi connectivity index (χ0n) is 13.9. The number of nitrogens with zero attached hydrogens (tertiary/aromatic N) is 1. The molecule has 1 saturated carbocycles. The van der Waals surface area contributed by atoms with Crippen LogP contribution in [-0.4, -0.2) is 4.98 Å². The fraction of sp³-hybridized carbons (Fsp3) is 0.250. The third-order valence-electron chi connectivity index (χ3n) is 4.85. The summed E-state index contributed by atoms with van der Waals surface area (Å²) >= 11 is 20.6. The maximum Gasteiger partial charge on any atom is 0.104 e. The number of hydrogen-bond acceptors (Lipinski definition) is 2. The van der Waals surface area contributed by atoms with Crippen LogP contribution < -0.4 is 0 Å². The minimum atomic E-state index is -0.0656. The SMILES string of the molecule is Cc1ccc(-c2nc(C3(c4ccc(Cl)cc4Cl)CC3)sc2C)cc1Cl. The summed E-state index contributed by atoms with van der Waals surface area (Å²) in [6.45, 7) is 4.12. The van der Waals surface area contributed by atoms with Crippen molar-refractivity contribution >= 4 is 46.1 Å². The Morgan fingerprint density at radius 1 is 0.960 bits per heavy atom. The maximum atomic E-state index is 6.48. The van der Waals surface area contributed by atoms with E-state index in [1.165, 1.54) is 4.88 Å². The van der Waals surface area contributed by atoms with Crippen LogP contribution in [0.5, 0.6) is 0 Å². The summed E-state index contributed by atoms with van der Waals surface area (Å²) in [5, 5.41) is 3.28. The first-order valence-corrected chi connectivity index (χ1v) is 10.1. The molecule has 1 fully saturated rings. The lowest BCUT2D eigenvalue weighted by Crippen LogP contribution is -2.09. The van der Waals surface area contributed by atoms with Crippen molar-refractivity contribution in [1.29, 1.82) is 0 Å². The Hall–Kier alpha value is -1.06. The molecular formula is C20H16Cl3NS. The largest absolute Gasteiger partial charge is 0.240 e. The molecule has 0 bridgehead atoms. The molecule has 0 aliphatic heterocycles. The predicted molar refractivity (Wildman–Crippen MR) is 109 cm³/mol. The van der Waals surface area contributed by atoms with Crippen LogP contribution in [0, 0.1) is 13.8 Å². The van der Waals surface area contributed by atoms with Crippen molar-refractivity contribution in [3.05, 3.63) is 72.5 Å². The van der Waals surface area contributed by atoms with Gasteiger partial charge in [0.1, 0.15) is 5.01 Å². The molecule has 0 N–H and O–H groups in total. The number of halogens is 3. The van der Waals surface area contributed by atoms with E-state index in [1.807, 2.05) is 37.3 Å². The molecule has 0 amide bonds. The quantitative estimate of drug-likeness (QED) is 0.438. The van der Waals surface area contributed by atoms with E-state index >= 15 is 0 Å². The number of hydrogen-bond donors (Lipinski definition) is 0. The topological polar surface area (TPSA) is 12.9 Å². The van der Waals surface area contributed by atoms with Crippen molar-refractivity contribution in [1.82, 2.24) is 4.98 Å². The molecule has 0 spiro atoms. The lowest BCUT2D eigenvalue weighted by Gasteiger charge is -2.14. The van der Waals surface area contributed by atoms with Crippen LogP contribution in [0.1, 0.15) is 33.9 Å². The first-order valence-electron chi connectivity index (χ1n) is 8.11. The van der Waals surface area contributed by atoms with E-state index < -0.39 is 0 Å². The molecule has 0 atom stereocenters. The lowest BCUT2D eigenvalue weighted by atomic mass is 9.96. The minimum Gasteiger partial charge on any atom is -0.240 e. The van der Waals surface area contributed by atoms with Gasteiger partial charge in [-0.05, 0) is 56.0 Å². The molecule has 4 rings (SSSR count). The van der Waals surface area contributed by atoms with Crippen LogP contribution in [0.3, 0.4) is 0 Å². The molecule has 1 aliphatic carbocycles. The van der Waals surface area contributed by atoms with Crippen LogP contribution in [0.25, 0.3) is 11.3 Å². The van der Waals surface area contributed by atoms with Crippen LogP contribution in [-0.2, 0) is 5.41 Å². The van der Waals surface area contributed by atoms with Gasteiger partial charge >= 0.3 is 0 Å². The van der Waals surface area contributed by atoms with E-state index in [0.29, 0.717) is 5.02 Å². The maximum absolute atomic E-state index is 6.48. The van der Waals surface area contributed by atoms with Gasteiger partial charge in [-0.1, -0.05) is 53.0 Å². The molecule has 1 nitrogen and oxygen atoms in total. The summed E-state index contributed by atoms with van der Waals surface area (Å²) in [6, 6.07) is 11.9. The number of benzene rings is 2. The summed E-state index contributed by atoms with van der Waals surface area (Å²) < 4.78 is 0. The van der Waals surface area contributed by atoms with Crippen molar-refractivity contribution < 1.29 is 0 Å². The second kappa shape index (κ2) is 6.28. The van der Waals surface area contributed by atoms with Gasteiger partial charge in [0.25, 0.3) is 0 Å². The highest BCUT2D eigenvalue weighted by atomic mass is 35.5. The Labute approximate surface area is 166 Å². The first-order chi connectivity index (χ1) is 11.9. The van der Waals surface area contributed by atoms with Crippen LogP contribution in [0.15, 0.2) is 36.4 Å². The number of aryl methyl sites for hydroxylation is 2. The highest BCUT2D eigenvalue weighted by molar-refractivity contribution is 7.12. The molecule has 0 saturated heterocycles. The van der Waals surface area contributed by atoms with Crippen LogP contribution in [0.4, 0.5) is 0 Å². The van der Waals surface area contributed by atoms with Crippen LogP contribution in [0.2, 0.25) is 15.1 Å². The van der Waals surface area contributed by atoms with E-state index in [0.717, 1.165) is 50.3 Å². The van der Waals surface area contributed by atoms with Gasteiger partial charge < -0.3 is 0 Å². The normalized spacial score (nSPS) is 15.4. The molecule has 5 heteroatoms. The van der Waals surface area contributed by atoms with Crippen molar-refractivity contribution in [2.75, 3.05) is 0 Å². The second-order valence-corrected chi connectivity index (χ2v) is 9.05. The first kappa shape index (κ1) is 17.4. The van der Waals surface area contributed by atoms with Gasteiger partial charge in [-0.2, -0.15) is 0 Å². The zero-order valence-corrected chi connectivity index (χ0v) is 17.0. The van der Waals surface area contributed by atoms with Gasteiger partial charge in [0.15, 0.2) is 0 Å². The number of thiazole rings is 1. The van der Waals surface area contributed by atoms with E-state index in [4.69, 9.17) is 39.8 Å². The molecule has 128 valence electrons. The Balaban J connectivity index is 1.78. The van der Waals surface area contributed by atoms with Gasteiger partial charge in [0.05, 0.1) is 5.69 Å². The fourth-order valence-electron chi connectivity index (χ4n) is 3.21. The van der Waals surface area contributed by atoms with E-state index in [1.54, 1.807) is 11.3 Å². The van der Waals surface area contributed by atoms with Crippen LogP contribution >= 0.6 is 46.1 Å². The van der Waals surface area contributed by atoms with Crippen molar-refractivity contribution in [3.8, 4) is 11.3 Å². The molecule has 3 aromatic rings. The Morgan fingerprint density at radius 3 is 2.36 bits per heavy atom. The lowest BCUT2D eigenvalue weighted by molar-refractivity contribution is 0.835. The molecule has 2 aromatic carbocycles. The number of rotatable bonds is 3. The number of aromatic nitrogens is 1. The summed E-state index contributed by atoms with van der Waals surface area (Å²) in [5.41, 5.74) is 4.21. The zero-order chi connectivity index (χ0) is 17.8. The van der Waals surface area contributed by atoms with Crippen molar-refractivity contribution in [3.63, 3.8) is 0 Å². The van der Waals surface area contributed by atoms with Gasteiger partial charge in [-0.25, -0.2) is 4.98 Å². The molecule has 25 heavy (non-hydrogen) atoms. The van der Waals surface area contributed by atoms with Crippen molar-refractivity contribution in [2.24, 2.45) is 0 Å². The second-order valence-electron chi connectivity index (χ2n) is 6.59. The predicted octanol–water partition coefficient (Wildman–Crippen LogP) is 7.47. The van der Waals surface area contributed by atoms with E-state index in [2.05, 4.69) is 13.0 Å². The average Bonchev–Trinajstić information content (AvgIpc) is 3.26.